The number of likely N-dealkylation sites (tertiary alicyclic amines) is 1. The molecule has 3 aromatic rings. The molecule has 0 radical (unpaired) electrons. The number of piperidine rings is 1. The fourth-order valence-electron chi connectivity index (χ4n) is 4.35. The van der Waals surface area contributed by atoms with Crippen LogP contribution in [0, 0.1) is 5.92 Å². The first-order valence-electron chi connectivity index (χ1n) is 10.7. The lowest BCUT2D eigenvalue weighted by Crippen LogP contribution is -2.44. The van der Waals surface area contributed by atoms with E-state index in [1.807, 2.05) is 9.80 Å². The van der Waals surface area contributed by atoms with Gasteiger partial charge in [0.2, 0.25) is 11.9 Å². The summed E-state index contributed by atoms with van der Waals surface area (Å²) in [7, 11) is 0. The number of anilines is 1. The SMILES string of the molecule is O=C([C@@H]1CCCN(c2ncc3nc(-c4cccc(C(F)(F)F)n4)[nH]c3n2)C1)N1CCCC1. The van der Waals surface area contributed by atoms with Crippen LogP contribution in [-0.2, 0) is 11.0 Å². The highest BCUT2D eigenvalue weighted by Crippen LogP contribution is 2.29. The zero-order valence-electron chi connectivity index (χ0n) is 17.3. The molecule has 11 heteroatoms. The fourth-order valence-corrected chi connectivity index (χ4v) is 4.35. The molecule has 1 amide bonds. The summed E-state index contributed by atoms with van der Waals surface area (Å²) in [5.41, 5.74) is -0.0558. The molecule has 168 valence electrons. The molecule has 2 saturated heterocycles. The molecule has 5 heterocycles. The zero-order chi connectivity index (χ0) is 22.3. The van der Waals surface area contributed by atoms with Crippen molar-refractivity contribution in [2.45, 2.75) is 31.9 Å². The minimum absolute atomic E-state index is 0.0761. The number of halogens is 3. The maximum absolute atomic E-state index is 13.0. The second-order valence-corrected chi connectivity index (χ2v) is 8.21. The summed E-state index contributed by atoms with van der Waals surface area (Å²) in [6, 6.07) is 3.67. The molecule has 1 atom stereocenters. The first-order chi connectivity index (χ1) is 15.4. The monoisotopic (exact) mass is 445 g/mol. The number of nitrogens with one attached hydrogen (secondary N) is 1. The average molecular weight is 445 g/mol. The lowest BCUT2D eigenvalue weighted by atomic mass is 9.97. The first-order valence-corrected chi connectivity index (χ1v) is 10.7. The molecule has 2 aliphatic heterocycles. The van der Waals surface area contributed by atoms with E-state index in [0.29, 0.717) is 23.7 Å². The summed E-state index contributed by atoms with van der Waals surface area (Å²) < 4.78 is 39.0. The van der Waals surface area contributed by atoms with Gasteiger partial charge in [-0.15, -0.1) is 0 Å². The van der Waals surface area contributed by atoms with E-state index in [4.69, 9.17) is 0 Å². The largest absolute Gasteiger partial charge is 0.433 e. The Morgan fingerprint density at radius 2 is 1.88 bits per heavy atom. The highest BCUT2D eigenvalue weighted by atomic mass is 19.4. The number of alkyl halides is 3. The van der Waals surface area contributed by atoms with Gasteiger partial charge in [-0.3, -0.25) is 4.79 Å². The molecular formula is C21H22F3N7O. The molecule has 0 spiro atoms. The van der Waals surface area contributed by atoms with E-state index in [2.05, 4.69) is 24.9 Å². The minimum Gasteiger partial charge on any atom is -0.342 e. The predicted molar refractivity (Wildman–Crippen MR) is 111 cm³/mol. The Balaban J connectivity index is 1.38. The molecular weight excluding hydrogens is 423 g/mol. The van der Waals surface area contributed by atoms with E-state index in [1.54, 1.807) is 0 Å². The molecule has 3 aromatic heterocycles. The number of pyridine rings is 1. The minimum atomic E-state index is -4.54. The van der Waals surface area contributed by atoms with Gasteiger partial charge in [-0.1, -0.05) is 6.07 Å². The number of amides is 1. The smallest absolute Gasteiger partial charge is 0.342 e. The van der Waals surface area contributed by atoms with Crippen LogP contribution in [0.4, 0.5) is 19.1 Å². The summed E-state index contributed by atoms with van der Waals surface area (Å²) in [4.78, 5) is 36.6. The number of H-pyrrole nitrogens is 1. The fraction of sp³-hybridized carbons (Fsp3) is 0.476. The number of hydrogen-bond donors (Lipinski definition) is 1. The van der Waals surface area contributed by atoms with Gasteiger partial charge >= 0.3 is 6.18 Å². The van der Waals surface area contributed by atoms with Crippen molar-refractivity contribution in [3.63, 3.8) is 0 Å². The Morgan fingerprint density at radius 3 is 2.66 bits per heavy atom. The van der Waals surface area contributed by atoms with Crippen LogP contribution < -0.4 is 4.90 Å². The van der Waals surface area contributed by atoms with E-state index >= 15 is 0 Å². The van der Waals surface area contributed by atoms with E-state index in [-0.39, 0.29) is 23.3 Å². The number of rotatable bonds is 3. The molecule has 2 fully saturated rings. The third kappa shape index (κ3) is 3.98. The Kier molecular flexibility index (Phi) is 5.18. The molecule has 32 heavy (non-hydrogen) atoms. The van der Waals surface area contributed by atoms with Crippen LogP contribution in [0.1, 0.15) is 31.4 Å². The number of fused-ring (bicyclic) bond motifs is 1. The van der Waals surface area contributed by atoms with Gasteiger partial charge in [0.05, 0.1) is 12.1 Å². The lowest BCUT2D eigenvalue weighted by Gasteiger charge is -2.33. The summed E-state index contributed by atoms with van der Waals surface area (Å²) in [5, 5.41) is 0. The summed E-state index contributed by atoms with van der Waals surface area (Å²) >= 11 is 0. The molecule has 0 bridgehead atoms. The van der Waals surface area contributed by atoms with Crippen molar-refractivity contribution in [3.05, 3.63) is 30.1 Å². The summed E-state index contributed by atoms with van der Waals surface area (Å²) in [6.07, 6.45) is 0.844. The molecule has 1 N–H and O–H groups in total. The molecule has 2 aliphatic rings. The van der Waals surface area contributed by atoms with Gasteiger partial charge in [0.1, 0.15) is 16.9 Å². The van der Waals surface area contributed by atoms with Crippen LogP contribution in [0.15, 0.2) is 24.4 Å². The number of carbonyl (C=O) groups is 1. The second kappa shape index (κ2) is 8.03. The number of imidazole rings is 1. The summed E-state index contributed by atoms with van der Waals surface area (Å²) in [6.45, 7) is 2.96. The van der Waals surface area contributed by atoms with Crippen LogP contribution in [-0.4, -0.2) is 61.9 Å². The molecule has 0 saturated carbocycles. The zero-order valence-corrected chi connectivity index (χ0v) is 17.3. The second-order valence-electron chi connectivity index (χ2n) is 8.21. The van der Waals surface area contributed by atoms with E-state index in [1.165, 1.54) is 18.3 Å². The number of aromatic amines is 1. The van der Waals surface area contributed by atoms with Gasteiger partial charge in [-0.05, 0) is 37.8 Å². The quantitative estimate of drug-likeness (QED) is 0.666. The topological polar surface area (TPSA) is 90.9 Å². The van der Waals surface area contributed by atoms with Gasteiger partial charge in [0.25, 0.3) is 0 Å². The van der Waals surface area contributed by atoms with Crippen molar-refractivity contribution in [1.29, 1.82) is 0 Å². The van der Waals surface area contributed by atoms with Crippen LogP contribution in [0.2, 0.25) is 0 Å². The van der Waals surface area contributed by atoms with E-state index in [0.717, 1.165) is 51.4 Å². The van der Waals surface area contributed by atoms with Crippen LogP contribution in [0.3, 0.4) is 0 Å². The van der Waals surface area contributed by atoms with Crippen LogP contribution in [0.25, 0.3) is 22.7 Å². The molecule has 5 rings (SSSR count). The van der Waals surface area contributed by atoms with Gasteiger partial charge in [0.15, 0.2) is 11.5 Å². The molecule has 8 nitrogen and oxygen atoms in total. The predicted octanol–water partition coefficient (Wildman–Crippen LogP) is 3.27. The van der Waals surface area contributed by atoms with E-state index in [9.17, 15) is 18.0 Å². The normalized spacial score (nSPS) is 19.7. The van der Waals surface area contributed by atoms with Gasteiger partial charge in [0, 0.05) is 26.2 Å². The number of hydrogen-bond acceptors (Lipinski definition) is 6. The number of carbonyl (C=O) groups excluding carboxylic acids is 1. The first kappa shape index (κ1) is 20.7. The Bertz CT molecular complexity index is 1140. The van der Waals surface area contributed by atoms with Crippen LogP contribution in [0.5, 0.6) is 0 Å². The lowest BCUT2D eigenvalue weighted by molar-refractivity contribution is -0.141. The Labute approximate surface area is 181 Å². The molecule has 0 aliphatic carbocycles. The van der Waals surface area contributed by atoms with E-state index < -0.39 is 11.9 Å². The van der Waals surface area contributed by atoms with Crippen molar-refractivity contribution in [3.8, 4) is 11.5 Å². The third-order valence-electron chi connectivity index (χ3n) is 5.98. The third-order valence-corrected chi connectivity index (χ3v) is 5.98. The van der Waals surface area contributed by atoms with Crippen molar-refractivity contribution in [2.75, 3.05) is 31.1 Å². The van der Waals surface area contributed by atoms with Crippen molar-refractivity contribution in [1.82, 2.24) is 29.8 Å². The van der Waals surface area contributed by atoms with Gasteiger partial charge < -0.3 is 14.8 Å². The number of nitrogens with zero attached hydrogens (tertiary/aromatic N) is 6. The molecule has 0 unspecified atom stereocenters. The molecule has 0 aromatic carbocycles. The Hall–Kier alpha value is -3.24. The Morgan fingerprint density at radius 1 is 1.06 bits per heavy atom. The van der Waals surface area contributed by atoms with Crippen LogP contribution >= 0.6 is 0 Å². The highest BCUT2D eigenvalue weighted by Gasteiger charge is 2.33. The van der Waals surface area contributed by atoms with Crippen molar-refractivity contribution >= 4 is 23.0 Å². The maximum atomic E-state index is 13.0. The van der Waals surface area contributed by atoms with Crippen molar-refractivity contribution in [2.24, 2.45) is 5.92 Å². The number of aromatic nitrogens is 5. The van der Waals surface area contributed by atoms with Crippen molar-refractivity contribution < 1.29 is 18.0 Å². The maximum Gasteiger partial charge on any atom is 0.433 e. The van der Waals surface area contributed by atoms with Gasteiger partial charge in [-0.2, -0.15) is 18.2 Å². The highest BCUT2D eigenvalue weighted by molar-refractivity contribution is 5.80. The summed E-state index contributed by atoms with van der Waals surface area (Å²) in [5.74, 6) is 0.794. The van der Waals surface area contributed by atoms with Gasteiger partial charge in [-0.25, -0.2) is 15.0 Å². The average Bonchev–Trinajstić information content (AvgIpc) is 3.48. The standard InChI is InChI=1S/C21H22F3N7O/c22-21(23,24)16-7-3-6-14(26-16)17-27-15-11-25-20(29-18(15)28-17)31-10-4-5-13(12-31)19(32)30-8-1-2-9-30/h3,6-7,11,13H,1-2,4-5,8-10,12H2,(H,25,27,28,29)/t13-/m1/s1.